The van der Waals surface area contributed by atoms with Crippen LogP contribution < -0.4 is 10.6 Å². The van der Waals surface area contributed by atoms with Gasteiger partial charge in [-0.05, 0) is 37.6 Å². The van der Waals surface area contributed by atoms with E-state index in [4.69, 9.17) is 9.93 Å². The third kappa shape index (κ3) is 5.30. The van der Waals surface area contributed by atoms with Crippen LogP contribution in [-0.4, -0.2) is 65.2 Å². The summed E-state index contributed by atoms with van der Waals surface area (Å²) in [5, 5.41) is 16.1. The summed E-state index contributed by atoms with van der Waals surface area (Å²) in [6.45, 7) is 0.573. The zero-order valence-electron chi connectivity index (χ0n) is 19.9. The molecule has 188 valence electrons. The van der Waals surface area contributed by atoms with Crippen molar-refractivity contribution in [3.63, 3.8) is 0 Å². The summed E-state index contributed by atoms with van der Waals surface area (Å²) in [5.41, 5.74) is 2.95. The molecule has 0 saturated carbocycles. The average Bonchev–Trinajstić information content (AvgIpc) is 3.36. The standard InChI is InChI=1S/C25H26F2N6O3/c1-15(28)18-9-8-17(12-20(18)29-2)22-31-24(36-32-22)19-10-11-33(14-25(19,26)27)21(34)13-30-23(35)16-6-4-3-5-7-16/h3-9,12,19,28-29H,10-11,13-14H2,1-2H3,(H,30,35)/p+1/t19-/m1/s1. The van der Waals surface area contributed by atoms with Gasteiger partial charge in [-0.3, -0.25) is 9.59 Å². The molecule has 0 unspecified atom stereocenters. The molecule has 11 heteroatoms. The molecule has 2 aromatic carbocycles. The summed E-state index contributed by atoms with van der Waals surface area (Å²) < 4.78 is 35.3. The van der Waals surface area contributed by atoms with Gasteiger partial charge in [-0.25, -0.2) is 8.78 Å². The fourth-order valence-corrected chi connectivity index (χ4v) is 4.19. The molecular weight excluding hydrogens is 470 g/mol. The molecule has 1 saturated heterocycles. The molecule has 1 fully saturated rings. The van der Waals surface area contributed by atoms with Crippen molar-refractivity contribution in [2.24, 2.45) is 0 Å². The highest BCUT2D eigenvalue weighted by Crippen LogP contribution is 2.40. The molecule has 0 aliphatic carbocycles. The molecule has 1 aliphatic heterocycles. The number of benzene rings is 2. The Hall–Kier alpha value is -3.99. The predicted octanol–water partition coefficient (Wildman–Crippen LogP) is 2.33. The number of quaternary nitrogens is 1. The second-order valence-electron chi connectivity index (χ2n) is 8.64. The van der Waals surface area contributed by atoms with E-state index in [0.29, 0.717) is 16.8 Å². The number of carbonyl (C=O) groups excluding carboxylic acids is 2. The number of piperidine rings is 1. The van der Waals surface area contributed by atoms with Crippen LogP contribution in [-0.2, 0) is 4.79 Å². The van der Waals surface area contributed by atoms with Crippen molar-refractivity contribution in [2.45, 2.75) is 25.2 Å². The van der Waals surface area contributed by atoms with Gasteiger partial charge < -0.3 is 25.5 Å². The fourth-order valence-electron chi connectivity index (χ4n) is 4.19. The SMILES string of the molecule is C[NH2+]c1cc(-c2noc([C@H]3CCN(C(=O)CNC(=O)c4ccccc4)CC3(F)F)n2)ccc1C(C)=N. The Balaban J connectivity index is 1.41. The quantitative estimate of drug-likeness (QED) is 0.341. The van der Waals surface area contributed by atoms with Crippen molar-refractivity contribution in [3.05, 3.63) is 65.5 Å². The van der Waals surface area contributed by atoms with Crippen LogP contribution in [0.1, 0.15) is 41.1 Å². The topological polar surface area (TPSA) is 129 Å². The first-order valence-electron chi connectivity index (χ1n) is 11.5. The lowest BCUT2D eigenvalue weighted by Gasteiger charge is -2.36. The Morgan fingerprint density at radius 1 is 1.25 bits per heavy atom. The van der Waals surface area contributed by atoms with Gasteiger partial charge in [-0.1, -0.05) is 23.4 Å². The summed E-state index contributed by atoms with van der Waals surface area (Å²) in [7, 11) is 1.84. The second-order valence-corrected chi connectivity index (χ2v) is 8.64. The number of halogens is 2. The second kappa shape index (κ2) is 10.3. The summed E-state index contributed by atoms with van der Waals surface area (Å²) in [6, 6.07) is 13.6. The van der Waals surface area contributed by atoms with Gasteiger partial charge in [0.25, 0.3) is 11.8 Å². The molecule has 4 N–H and O–H groups in total. The van der Waals surface area contributed by atoms with Gasteiger partial charge in [0.15, 0.2) is 0 Å². The monoisotopic (exact) mass is 497 g/mol. The average molecular weight is 498 g/mol. The van der Waals surface area contributed by atoms with Crippen LogP contribution >= 0.6 is 0 Å². The predicted molar refractivity (Wildman–Crippen MR) is 127 cm³/mol. The maximum atomic E-state index is 15.1. The summed E-state index contributed by atoms with van der Waals surface area (Å²) in [6.07, 6.45) is -0.0626. The van der Waals surface area contributed by atoms with Gasteiger partial charge >= 0.3 is 0 Å². The van der Waals surface area contributed by atoms with Crippen molar-refractivity contribution in [1.29, 1.82) is 5.41 Å². The lowest BCUT2D eigenvalue weighted by molar-refractivity contribution is -0.539. The molecule has 1 aromatic heterocycles. The number of nitrogens with one attached hydrogen (secondary N) is 2. The van der Waals surface area contributed by atoms with Gasteiger partial charge in [0, 0.05) is 29.4 Å². The Morgan fingerprint density at radius 2 is 2.00 bits per heavy atom. The van der Waals surface area contributed by atoms with Crippen molar-refractivity contribution in [2.75, 3.05) is 26.7 Å². The molecule has 2 amide bonds. The third-order valence-electron chi connectivity index (χ3n) is 6.15. The van der Waals surface area contributed by atoms with E-state index < -0.39 is 30.2 Å². The molecular formula is C25H27F2N6O3+. The zero-order chi connectivity index (χ0) is 25.9. The molecule has 0 spiro atoms. The summed E-state index contributed by atoms with van der Waals surface area (Å²) >= 11 is 0. The minimum absolute atomic E-state index is 0.0626. The fraction of sp³-hybridized carbons (Fsp3) is 0.320. The summed E-state index contributed by atoms with van der Waals surface area (Å²) in [4.78, 5) is 29.9. The molecule has 0 radical (unpaired) electrons. The Labute approximate surface area is 206 Å². The van der Waals surface area contributed by atoms with E-state index in [1.54, 1.807) is 55.5 Å². The normalized spacial score (nSPS) is 17.0. The van der Waals surface area contributed by atoms with Gasteiger partial charge in [0.2, 0.25) is 17.6 Å². The number of likely N-dealkylation sites (tertiary alicyclic amines) is 1. The lowest BCUT2D eigenvalue weighted by atomic mass is 9.92. The van der Waals surface area contributed by atoms with E-state index in [-0.39, 0.29) is 31.2 Å². The van der Waals surface area contributed by atoms with Gasteiger partial charge in [0.05, 0.1) is 25.7 Å². The zero-order valence-corrected chi connectivity index (χ0v) is 19.9. The number of hydrogen-bond acceptors (Lipinski definition) is 6. The minimum Gasteiger partial charge on any atom is -0.343 e. The number of carbonyl (C=O) groups is 2. The van der Waals surface area contributed by atoms with E-state index >= 15 is 8.78 Å². The van der Waals surface area contributed by atoms with Crippen molar-refractivity contribution in [3.8, 4) is 11.4 Å². The Morgan fingerprint density at radius 3 is 2.67 bits per heavy atom. The Kier molecular flexibility index (Phi) is 7.20. The highest BCUT2D eigenvalue weighted by Gasteiger charge is 2.49. The number of hydrogen-bond donors (Lipinski definition) is 3. The number of alkyl halides is 2. The van der Waals surface area contributed by atoms with Crippen molar-refractivity contribution in [1.82, 2.24) is 20.4 Å². The summed E-state index contributed by atoms with van der Waals surface area (Å²) in [5.74, 6) is -5.66. The number of rotatable bonds is 7. The number of aromatic nitrogens is 2. The van der Waals surface area contributed by atoms with Crippen LogP contribution in [0.2, 0.25) is 0 Å². The van der Waals surface area contributed by atoms with Crippen LogP contribution in [0.4, 0.5) is 14.5 Å². The number of amides is 2. The molecule has 4 rings (SSSR count). The first-order chi connectivity index (χ1) is 17.2. The highest BCUT2D eigenvalue weighted by atomic mass is 19.3. The number of nitrogens with two attached hydrogens (primary N) is 1. The Bertz CT molecular complexity index is 1280. The van der Waals surface area contributed by atoms with Crippen LogP contribution in [0.5, 0.6) is 0 Å². The van der Waals surface area contributed by atoms with E-state index in [2.05, 4.69) is 15.5 Å². The van der Waals surface area contributed by atoms with E-state index in [1.165, 1.54) is 0 Å². The molecule has 0 bridgehead atoms. The lowest BCUT2D eigenvalue weighted by Crippen LogP contribution is -2.73. The molecule has 3 aromatic rings. The van der Waals surface area contributed by atoms with E-state index in [9.17, 15) is 9.59 Å². The molecule has 1 aliphatic rings. The van der Waals surface area contributed by atoms with Crippen LogP contribution in [0.15, 0.2) is 53.1 Å². The molecule has 1 atom stereocenters. The molecule has 2 heterocycles. The minimum atomic E-state index is -3.29. The smallest absolute Gasteiger partial charge is 0.276 e. The maximum Gasteiger partial charge on any atom is 0.276 e. The van der Waals surface area contributed by atoms with Gasteiger partial charge in [0.1, 0.15) is 11.6 Å². The van der Waals surface area contributed by atoms with Crippen molar-refractivity contribution < 1.29 is 28.2 Å². The largest absolute Gasteiger partial charge is 0.343 e. The molecule has 9 nitrogen and oxygen atoms in total. The van der Waals surface area contributed by atoms with Crippen LogP contribution in [0.25, 0.3) is 11.4 Å². The van der Waals surface area contributed by atoms with Crippen LogP contribution in [0, 0.1) is 5.41 Å². The van der Waals surface area contributed by atoms with Gasteiger partial charge in [-0.15, -0.1) is 0 Å². The molecule has 36 heavy (non-hydrogen) atoms. The number of nitrogens with zero attached hydrogens (tertiary/aromatic N) is 3. The van der Waals surface area contributed by atoms with E-state index in [1.807, 2.05) is 12.4 Å². The first-order valence-corrected chi connectivity index (χ1v) is 11.5. The van der Waals surface area contributed by atoms with Gasteiger partial charge in [-0.2, -0.15) is 4.98 Å². The van der Waals surface area contributed by atoms with E-state index in [0.717, 1.165) is 16.2 Å². The third-order valence-corrected chi connectivity index (χ3v) is 6.15. The van der Waals surface area contributed by atoms with Crippen LogP contribution in [0.3, 0.4) is 0 Å². The maximum absolute atomic E-state index is 15.1. The highest BCUT2D eigenvalue weighted by molar-refractivity contribution is 6.00. The van der Waals surface area contributed by atoms with Crippen molar-refractivity contribution >= 4 is 23.2 Å². The first kappa shape index (κ1) is 25.1.